The molecule has 0 aromatic rings. The van der Waals surface area contributed by atoms with Gasteiger partial charge in [-0.15, -0.1) is 0 Å². The molecule has 0 aliphatic rings. The summed E-state index contributed by atoms with van der Waals surface area (Å²) in [6, 6.07) is 0. The lowest BCUT2D eigenvalue weighted by Gasteiger charge is -2.05. The number of halogens is 1. The number of aliphatic imine (C=N–C) groups is 4. The number of amides is 1. The second-order valence-electron chi connectivity index (χ2n) is 5.34. The van der Waals surface area contributed by atoms with Crippen molar-refractivity contribution in [1.82, 2.24) is 5.32 Å². The number of hydrogen-bond donors (Lipinski definition) is 1. The van der Waals surface area contributed by atoms with Crippen molar-refractivity contribution < 1.29 is 4.79 Å². The Morgan fingerprint density at radius 2 is 1.97 bits per heavy atom. The van der Waals surface area contributed by atoms with Gasteiger partial charge in [-0.1, -0.05) is 43.0 Å². The fourth-order valence-corrected chi connectivity index (χ4v) is 1.85. The van der Waals surface area contributed by atoms with Gasteiger partial charge >= 0.3 is 0 Å². The van der Waals surface area contributed by atoms with Gasteiger partial charge in [-0.05, 0) is 38.6 Å². The SMILES string of the molecule is C=C/C=N\C(C)=C\CNC(=O)C(=C)/C=C(/CC(/C=C/C=C/Cl)=N/C=C/N=C)N=C. The topological polar surface area (TPSA) is 78.5 Å². The van der Waals surface area contributed by atoms with Gasteiger partial charge in [-0.2, -0.15) is 0 Å². The summed E-state index contributed by atoms with van der Waals surface area (Å²) in [5.74, 6) is -0.322. The summed E-state index contributed by atoms with van der Waals surface area (Å²) < 4.78 is 0. The largest absolute Gasteiger partial charge is 0.349 e. The molecule has 6 nitrogen and oxygen atoms in total. The number of hydrogen-bond acceptors (Lipinski definition) is 5. The molecule has 0 bridgehead atoms. The van der Waals surface area contributed by atoms with E-state index in [2.05, 4.69) is 51.9 Å². The molecule has 0 unspecified atom stereocenters. The molecule has 0 heterocycles. The van der Waals surface area contributed by atoms with Crippen LogP contribution in [0.1, 0.15) is 13.3 Å². The van der Waals surface area contributed by atoms with Crippen molar-refractivity contribution in [2.75, 3.05) is 6.54 Å². The molecule has 0 saturated heterocycles. The van der Waals surface area contributed by atoms with Crippen molar-refractivity contribution in [2.45, 2.75) is 13.3 Å². The fraction of sp³-hybridized carbons (Fsp3) is 0.136. The first-order valence-corrected chi connectivity index (χ1v) is 8.99. The van der Waals surface area contributed by atoms with Crippen LogP contribution in [0.15, 0.2) is 104 Å². The van der Waals surface area contributed by atoms with Crippen molar-refractivity contribution in [3.8, 4) is 0 Å². The first-order chi connectivity index (χ1) is 14.0. The zero-order chi connectivity index (χ0) is 21.9. The van der Waals surface area contributed by atoms with E-state index in [4.69, 9.17) is 11.6 Å². The Balaban J connectivity index is 5.15. The molecular formula is C22H26ClN5O. The molecule has 0 fully saturated rings. The summed E-state index contributed by atoms with van der Waals surface area (Å²) >= 11 is 5.51. The summed E-state index contributed by atoms with van der Waals surface area (Å²) in [5, 5.41) is 2.74. The van der Waals surface area contributed by atoms with Gasteiger partial charge < -0.3 is 5.32 Å². The van der Waals surface area contributed by atoms with Crippen molar-refractivity contribution in [3.63, 3.8) is 0 Å². The molecule has 7 heteroatoms. The number of nitrogens with one attached hydrogen (secondary N) is 1. The molecule has 0 aromatic heterocycles. The molecule has 0 spiro atoms. The maximum absolute atomic E-state index is 12.2. The fourth-order valence-electron chi connectivity index (χ4n) is 1.77. The molecule has 0 aliphatic carbocycles. The van der Waals surface area contributed by atoms with E-state index in [-0.39, 0.29) is 11.5 Å². The number of carbonyl (C=O) groups is 1. The van der Waals surface area contributed by atoms with Crippen molar-refractivity contribution in [2.24, 2.45) is 20.0 Å². The molecule has 0 saturated carbocycles. The Kier molecular flexibility index (Phi) is 14.8. The molecule has 1 N–H and O–H groups in total. The summed E-state index contributed by atoms with van der Waals surface area (Å²) in [6.45, 7) is 16.4. The monoisotopic (exact) mass is 411 g/mol. The standard InChI is InChI=1S/C22H26ClN5O/c1-6-12-26-19(3)10-13-28-22(29)18(2)16-21(25-5)17-20(9-7-8-11-23)27-15-14-24-4/h6-12,14-16H,1-2,4-5,13,17H2,3H3,(H,28,29)/b9-7+,11-8+,15-14+,19-10+,21-16-,26-12-,27-20+. The van der Waals surface area contributed by atoms with Crippen LogP contribution in [0.2, 0.25) is 0 Å². The number of allylic oxidation sites excluding steroid dienone is 6. The Bertz CT molecular complexity index is 811. The quantitative estimate of drug-likeness (QED) is 0.266. The van der Waals surface area contributed by atoms with E-state index in [0.29, 0.717) is 24.4 Å². The van der Waals surface area contributed by atoms with E-state index in [0.717, 1.165) is 5.70 Å². The van der Waals surface area contributed by atoms with Gasteiger partial charge in [0.2, 0.25) is 0 Å². The minimum absolute atomic E-state index is 0.250. The van der Waals surface area contributed by atoms with Crippen LogP contribution in [-0.2, 0) is 4.79 Å². The van der Waals surface area contributed by atoms with E-state index >= 15 is 0 Å². The maximum atomic E-state index is 12.2. The molecule has 1 amide bonds. The van der Waals surface area contributed by atoms with E-state index < -0.39 is 0 Å². The second kappa shape index (κ2) is 16.8. The van der Waals surface area contributed by atoms with Crippen molar-refractivity contribution >= 4 is 42.9 Å². The third-order valence-corrected chi connectivity index (χ3v) is 3.27. The molecule has 0 radical (unpaired) electrons. The summed E-state index contributed by atoms with van der Waals surface area (Å²) in [5.41, 5.74) is 3.58. The Labute approximate surface area is 177 Å². The third kappa shape index (κ3) is 13.4. The van der Waals surface area contributed by atoms with Gasteiger partial charge in [0.25, 0.3) is 5.91 Å². The highest BCUT2D eigenvalue weighted by molar-refractivity contribution is 6.25. The van der Waals surface area contributed by atoms with E-state index in [1.807, 2.05) is 6.92 Å². The number of carbonyl (C=O) groups excluding carboxylic acids is 1. The van der Waals surface area contributed by atoms with E-state index in [1.54, 1.807) is 42.7 Å². The minimum Gasteiger partial charge on any atom is -0.349 e. The Morgan fingerprint density at radius 3 is 2.59 bits per heavy atom. The van der Waals surface area contributed by atoms with Crippen LogP contribution in [-0.4, -0.2) is 37.8 Å². The highest BCUT2D eigenvalue weighted by Crippen LogP contribution is 2.10. The van der Waals surface area contributed by atoms with Crippen LogP contribution >= 0.6 is 11.6 Å². The number of rotatable bonds is 13. The smallest absolute Gasteiger partial charge is 0.250 e. The third-order valence-electron chi connectivity index (χ3n) is 3.13. The van der Waals surface area contributed by atoms with Crippen LogP contribution in [0.25, 0.3) is 0 Å². The summed E-state index contributed by atoms with van der Waals surface area (Å²) in [7, 11) is 0. The summed E-state index contributed by atoms with van der Waals surface area (Å²) in [4.78, 5) is 28.1. The maximum Gasteiger partial charge on any atom is 0.250 e. The van der Waals surface area contributed by atoms with Gasteiger partial charge in [0.05, 0.1) is 0 Å². The predicted molar refractivity (Wildman–Crippen MR) is 127 cm³/mol. The predicted octanol–water partition coefficient (Wildman–Crippen LogP) is 4.72. The Hall–Kier alpha value is -3.38. The van der Waals surface area contributed by atoms with E-state index in [9.17, 15) is 4.79 Å². The minimum atomic E-state index is -0.322. The molecule has 0 atom stereocenters. The lowest BCUT2D eigenvalue weighted by atomic mass is 10.1. The van der Waals surface area contributed by atoms with Crippen molar-refractivity contribution in [1.29, 1.82) is 0 Å². The molecule has 29 heavy (non-hydrogen) atoms. The van der Waals surface area contributed by atoms with Crippen LogP contribution < -0.4 is 5.32 Å². The molecular weight excluding hydrogens is 386 g/mol. The second-order valence-corrected chi connectivity index (χ2v) is 5.60. The molecule has 0 aromatic carbocycles. The molecule has 152 valence electrons. The van der Waals surface area contributed by atoms with Crippen LogP contribution in [0.4, 0.5) is 0 Å². The lowest BCUT2D eigenvalue weighted by molar-refractivity contribution is -0.116. The Morgan fingerprint density at radius 1 is 1.21 bits per heavy atom. The van der Waals surface area contributed by atoms with Crippen LogP contribution in [0.3, 0.4) is 0 Å². The van der Waals surface area contributed by atoms with Gasteiger partial charge in [0.1, 0.15) is 0 Å². The normalized spacial score (nSPS) is 13.5. The van der Waals surface area contributed by atoms with Crippen LogP contribution in [0, 0.1) is 0 Å². The average molecular weight is 412 g/mol. The van der Waals surface area contributed by atoms with Gasteiger partial charge in [-0.3, -0.25) is 24.8 Å². The van der Waals surface area contributed by atoms with Gasteiger partial charge in [-0.25, -0.2) is 0 Å². The highest BCUT2D eigenvalue weighted by atomic mass is 35.5. The number of nitrogens with zero attached hydrogens (tertiary/aromatic N) is 4. The highest BCUT2D eigenvalue weighted by Gasteiger charge is 2.06. The lowest BCUT2D eigenvalue weighted by Crippen LogP contribution is -2.24. The zero-order valence-electron chi connectivity index (χ0n) is 16.6. The van der Waals surface area contributed by atoms with Gasteiger partial charge in [0, 0.05) is 59.8 Å². The molecule has 0 aliphatic heterocycles. The average Bonchev–Trinajstić information content (AvgIpc) is 2.71. The van der Waals surface area contributed by atoms with Crippen LogP contribution in [0.5, 0.6) is 0 Å². The molecule has 0 rings (SSSR count). The zero-order valence-corrected chi connectivity index (χ0v) is 17.3. The van der Waals surface area contributed by atoms with Gasteiger partial charge in [0.15, 0.2) is 0 Å². The first-order valence-electron chi connectivity index (χ1n) is 8.55. The van der Waals surface area contributed by atoms with E-state index in [1.165, 1.54) is 17.9 Å². The first kappa shape index (κ1) is 25.6. The summed E-state index contributed by atoms with van der Waals surface area (Å²) in [6.07, 6.45) is 14.9. The van der Waals surface area contributed by atoms with Crippen molar-refractivity contribution in [3.05, 3.63) is 84.5 Å².